The Morgan fingerprint density at radius 3 is 2.69 bits per heavy atom. The highest BCUT2D eigenvalue weighted by atomic mass is 15.2. The number of nitrogens with two attached hydrogens (primary N) is 1. The number of hydrogen-bond acceptors (Lipinski definition) is 2. The van der Waals surface area contributed by atoms with Gasteiger partial charge in [0, 0.05) is 12.1 Å². The molecule has 94 valence electrons. The highest BCUT2D eigenvalue weighted by Gasteiger charge is 2.34. The van der Waals surface area contributed by atoms with Crippen LogP contribution in [0, 0.1) is 5.92 Å². The van der Waals surface area contributed by atoms with E-state index in [1.54, 1.807) is 0 Å². The van der Waals surface area contributed by atoms with Gasteiger partial charge in [0.15, 0.2) is 0 Å². The van der Waals surface area contributed by atoms with Gasteiger partial charge in [-0.25, -0.2) is 0 Å². The van der Waals surface area contributed by atoms with Crippen LogP contribution in [0.1, 0.15) is 58.3 Å². The lowest BCUT2D eigenvalue weighted by Crippen LogP contribution is -2.46. The van der Waals surface area contributed by atoms with E-state index in [2.05, 4.69) is 11.8 Å². The molecule has 2 fully saturated rings. The summed E-state index contributed by atoms with van der Waals surface area (Å²) in [4.78, 5) is 2.83. The summed E-state index contributed by atoms with van der Waals surface area (Å²) < 4.78 is 0. The molecule has 1 aliphatic carbocycles. The van der Waals surface area contributed by atoms with Gasteiger partial charge in [-0.3, -0.25) is 4.90 Å². The van der Waals surface area contributed by atoms with E-state index in [1.807, 2.05) is 0 Å². The minimum absolute atomic E-state index is 0.784. The van der Waals surface area contributed by atoms with Gasteiger partial charge in [-0.15, -0.1) is 0 Å². The molecule has 2 nitrogen and oxygen atoms in total. The summed E-state index contributed by atoms with van der Waals surface area (Å²) in [5, 5.41) is 0. The van der Waals surface area contributed by atoms with Crippen molar-refractivity contribution in [1.29, 1.82) is 0 Å². The van der Waals surface area contributed by atoms with Crippen LogP contribution in [-0.4, -0.2) is 30.1 Å². The molecule has 2 rings (SSSR count). The van der Waals surface area contributed by atoms with Crippen molar-refractivity contribution in [3.8, 4) is 0 Å². The predicted octanol–water partition coefficient (Wildman–Crippen LogP) is 2.77. The highest BCUT2D eigenvalue weighted by Crippen LogP contribution is 2.33. The van der Waals surface area contributed by atoms with Gasteiger partial charge in [0.05, 0.1) is 0 Å². The number of rotatable bonds is 3. The average Bonchev–Trinajstić information content (AvgIpc) is 2.66. The van der Waals surface area contributed by atoms with E-state index in [0.717, 1.165) is 24.5 Å². The van der Waals surface area contributed by atoms with Gasteiger partial charge in [-0.05, 0) is 51.1 Å². The summed E-state index contributed by atoms with van der Waals surface area (Å²) in [5.74, 6) is 0.784. The first-order valence-electron chi connectivity index (χ1n) is 7.32. The standard InChI is InChI=1S/C14H28N2/c1-2-13-8-4-3-5-10-16(13)14-9-6-7-12(14)11-15/h12-14H,2-11,15H2,1H3. The van der Waals surface area contributed by atoms with Crippen LogP contribution in [0.2, 0.25) is 0 Å². The normalized spacial score (nSPS) is 37.5. The smallest absolute Gasteiger partial charge is 0.0138 e. The van der Waals surface area contributed by atoms with Crippen molar-refractivity contribution in [2.24, 2.45) is 11.7 Å². The van der Waals surface area contributed by atoms with Crippen LogP contribution in [0.5, 0.6) is 0 Å². The fourth-order valence-electron chi connectivity index (χ4n) is 3.80. The molecule has 0 radical (unpaired) electrons. The minimum Gasteiger partial charge on any atom is -0.330 e. The summed E-state index contributed by atoms with van der Waals surface area (Å²) in [6, 6.07) is 1.66. The Kier molecular flexibility index (Phi) is 4.66. The Hall–Kier alpha value is -0.0800. The van der Waals surface area contributed by atoms with Crippen molar-refractivity contribution in [3.63, 3.8) is 0 Å². The second-order valence-corrected chi connectivity index (χ2v) is 5.64. The van der Waals surface area contributed by atoms with E-state index in [9.17, 15) is 0 Å². The van der Waals surface area contributed by atoms with Gasteiger partial charge in [-0.1, -0.05) is 26.2 Å². The maximum absolute atomic E-state index is 5.93. The molecule has 1 saturated carbocycles. The molecule has 0 bridgehead atoms. The van der Waals surface area contributed by atoms with Crippen LogP contribution in [-0.2, 0) is 0 Å². The van der Waals surface area contributed by atoms with E-state index >= 15 is 0 Å². The van der Waals surface area contributed by atoms with Crippen LogP contribution in [0.4, 0.5) is 0 Å². The summed E-state index contributed by atoms with van der Waals surface area (Å²) in [6.07, 6.45) is 11.2. The molecule has 0 spiro atoms. The predicted molar refractivity (Wildman–Crippen MR) is 69.4 cm³/mol. The summed E-state index contributed by atoms with van der Waals surface area (Å²) in [5.41, 5.74) is 5.93. The lowest BCUT2D eigenvalue weighted by molar-refractivity contribution is 0.107. The Bertz CT molecular complexity index is 205. The van der Waals surface area contributed by atoms with Gasteiger partial charge in [0.1, 0.15) is 0 Å². The molecule has 0 aromatic heterocycles. The number of likely N-dealkylation sites (tertiary alicyclic amines) is 1. The van der Waals surface area contributed by atoms with Gasteiger partial charge >= 0.3 is 0 Å². The molecule has 2 N–H and O–H groups in total. The van der Waals surface area contributed by atoms with Crippen molar-refractivity contribution in [2.45, 2.75) is 70.4 Å². The SMILES string of the molecule is CCC1CCCCCN1C1CCCC1CN. The maximum Gasteiger partial charge on any atom is 0.0138 e. The van der Waals surface area contributed by atoms with Crippen molar-refractivity contribution in [3.05, 3.63) is 0 Å². The zero-order chi connectivity index (χ0) is 11.4. The second-order valence-electron chi connectivity index (χ2n) is 5.64. The summed E-state index contributed by atoms with van der Waals surface area (Å²) in [6.45, 7) is 4.59. The molecular formula is C14H28N2. The Balaban J connectivity index is 2.03. The average molecular weight is 224 g/mol. The highest BCUT2D eigenvalue weighted by molar-refractivity contribution is 4.89. The summed E-state index contributed by atoms with van der Waals surface area (Å²) in [7, 11) is 0. The van der Waals surface area contributed by atoms with Crippen LogP contribution in [0.3, 0.4) is 0 Å². The largest absolute Gasteiger partial charge is 0.330 e. The van der Waals surface area contributed by atoms with E-state index in [0.29, 0.717) is 0 Å². The minimum atomic E-state index is 0.784. The molecule has 2 heteroatoms. The number of hydrogen-bond donors (Lipinski definition) is 1. The zero-order valence-electron chi connectivity index (χ0n) is 10.8. The first kappa shape index (κ1) is 12.4. The quantitative estimate of drug-likeness (QED) is 0.798. The van der Waals surface area contributed by atoms with Gasteiger partial charge in [-0.2, -0.15) is 0 Å². The van der Waals surface area contributed by atoms with E-state index < -0.39 is 0 Å². The van der Waals surface area contributed by atoms with Gasteiger partial charge < -0.3 is 5.73 Å². The van der Waals surface area contributed by atoms with Crippen molar-refractivity contribution in [2.75, 3.05) is 13.1 Å². The Morgan fingerprint density at radius 2 is 1.94 bits per heavy atom. The van der Waals surface area contributed by atoms with Crippen LogP contribution in [0.15, 0.2) is 0 Å². The molecule has 1 saturated heterocycles. The summed E-state index contributed by atoms with van der Waals surface area (Å²) >= 11 is 0. The number of nitrogens with zero attached hydrogens (tertiary/aromatic N) is 1. The molecule has 3 atom stereocenters. The first-order valence-corrected chi connectivity index (χ1v) is 7.32. The molecule has 1 heterocycles. The fraction of sp³-hybridized carbons (Fsp3) is 1.00. The second kappa shape index (κ2) is 6.02. The molecule has 16 heavy (non-hydrogen) atoms. The van der Waals surface area contributed by atoms with Gasteiger partial charge in [0.25, 0.3) is 0 Å². The fourth-order valence-corrected chi connectivity index (χ4v) is 3.80. The van der Waals surface area contributed by atoms with Crippen molar-refractivity contribution < 1.29 is 0 Å². The monoisotopic (exact) mass is 224 g/mol. The Morgan fingerprint density at radius 1 is 1.06 bits per heavy atom. The topological polar surface area (TPSA) is 29.3 Å². The van der Waals surface area contributed by atoms with Crippen LogP contribution < -0.4 is 5.73 Å². The van der Waals surface area contributed by atoms with Crippen molar-refractivity contribution in [1.82, 2.24) is 4.90 Å². The van der Waals surface area contributed by atoms with Gasteiger partial charge in [0.2, 0.25) is 0 Å². The van der Waals surface area contributed by atoms with Crippen LogP contribution >= 0.6 is 0 Å². The lowest BCUT2D eigenvalue weighted by atomic mass is 9.98. The van der Waals surface area contributed by atoms with E-state index in [1.165, 1.54) is 57.9 Å². The van der Waals surface area contributed by atoms with E-state index in [4.69, 9.17) is 5.73 Å². The molecule has 0 aromatic rings. The Labute approximate surface area is 101 Å². The molecule has 2 aliphatic rings. The van der Waals surface area contributed by atoms with Crippen LogP contribution in [0.25, 0.3) is 0 Å². The lowest BCUT2D eigenvalue weighted by Gasteiger charge is -2.37. The third-order valence-corrected chi connectivity index (χ3v) is 4.74. The molecular weight excluding hydrogens is 196 g/mol. The third-order valence-electron chi connectivity index (χ3n) is 4.74. The third kappa shape index (κ3) is 2.60. The van der Waals surface area contributed by atoms with Crippen molar-refractivity contribution >= 4 is 0 Å². The molecule has 3 unspecified atom stereocenters. The zero-order valence-corrected chi connectivity index (χ0v) is 10.8. The molecule has 1 aliphatic heterocycles. The maximum atomic E-state index is 5.93. The molecule has 0 aromatic carbocycles. The first-order chi connectivity index (χ1) is 7.86. The van der Waals surface area contributed by atoms with E-state index in [-0.39, 0.29) is 0 Å². The molecule has 0 amide bonds.